The molecule has 184 valence electrons. The Hall–Kier alpha value is -3.26. The van der Waals surface area contributed by atoms with Crippen molar-refractivity contribution in [2.45, 2.75) is 63.2 Å². The number of nitrogens with one attached hydrogen (secondary N) is 1. The molecule has 0 spiro atoms. The maximum Gasteiger partial charge on any atom is 0.261 e. The molecule has 35 heavy (non-hydrogen) atoms. The Morgan fingerprint density at radius 1 is 1.17 bits per heavy atom. The molecule has 1 aliphatic carbocycles. The molecule has 7 nitrogen and oxygen atoms in total. The molecular weight excluding hydrogens is 447 g/mol. The van der Waals surface area contributed by atoms with Gasteiger partial charge in [-0.2, -0.15) is 0 Å². The predicted molar refractivity (Wildman–Crippen MR) is 130 cm³/mol. The lowest BCUT2D eigenvalue weighted by Crippen LogP contribution is -2.70. The molecule has 1 saturated heterocycles. The molecule has 2 aliphatic heterocycles. The van der Waals surface area contributed by atoms with Crippen LogP contribution in [0.4, 0.5) is 4.39 Å². The highest BCUT2D eigenvalue weighted by Gasteiger charge is 2.51. The number of carbonyl (C=O) groups is 2. The molecule has 3 N–H and O–H groups in total. The summed E-state index contributed by atoms with van der Waals surface area (Å²) >= 11 is 0. The number of amides is 2. The van der Waals surface area contributed by atoms with Gasteiger partial charge in [0.1, 0.15) is 11.5 Å². The van der Waals surface area contributed by atoms with Crippen LogP contribution in [0.3, 0.4) is 0 Å². The molecule has 0 bridgehead atoms. The first-order chi connectivity index (χ1) is 16.9. The fourth-order valence-corrected chi connectivity index (χ4v) is 5.41. The first-order valence-electron chi connectivity index (χ1n) is 12.4. The van der Waals surface area contributed by atoms with Crippen LogP contribution in [0.25, 0.3) is 0 Å². The molecular formula is C27H31FN4O3. The largest absolute Gasteiger partial charge is 0.463 e. The second kappa shape index (κ2) is 9.77. The summed E-state index contributed by atoms with van der Waals surface area (Å²) in [6.07, 6.45) is 9.41. The molecule has 2 atom stereocenters. The molecule has 2 fully saturated rings. The van der Waals surface area contributed by atoms with E-state index in [-0.39, 0.29) is 36.1 Å². The number of hydrogen-bond acceptors (Lipinski definition) is 5. The SMILES string of the molecule is NC1(C(=O)NC2CCCCC2)CC2CCN=C(c3ccco3)C=C2C(=O)N1Cc1ccc(F)cc1. The average molecular weight is 479 g/mol. The van der Waals surface area contributed by atoms with Gasteiger partial charge in [-0.15, -0.1) is 0 Å². The van der Waals surface area contributed by atoms with Crippen LogP contribution in [0.1, 0.15) is 56.3 Å². The van der Waals surface area contributed by atoms with Gasteiger partial charge in [0.2, 0.25) is 0 Å². The number of hydrogen-bond donors (Lipinski definition) is 2. The zero-order valence-corrected chi connectivity index (χ0v) is 19.7. The number of furan rings is 1. The summed E-state index contributed by atoms with van der Waals surface area (Å²) < 4.78 is 19.0. The van der Waals surface area contributed by atoms with Gasteiger partial charge in [-0.1, -0.05) is 31.4 Å². The van der Waals surface area contributed by atoms with Crippen molar-refractivity contribution in [3.63, 3.8) is 0 Å². The van der Waals surface area contributed by atoms with Gasteiger partial charge < -0.3 is 20.4 Å². The van der Waals surface area contributed by atoms with E-state index >= 15 is 0 Å². The number of likely N-dealkylation sites (tertiary alicyclic amines) is 1. The smallest absolute Gasteiger partial charge is 0.261 e. The minimum atomic E-state index is -1.51. The van der Waals surface area contributed by atoms with E-state index in [0.717, 1.165) is 25.7 Å². The Bertz CT molecular complexity index is 1140. The number of rotatable bonds is 5. The van der Waals surface area contributed by atoms with Crippen molar-refractivity contribution in [1.29, 1.82) is 0 Å². The number of aliphatic imine (C=N–C) groups is 1. The number of fused-ring (bicyclic) bond motifs is 1. The number of allylic oxidation sites excluding steroid dienone is 1. The van der Waals surface area contributed by atoms with Crippen molar-refractivity contribution in [3.05, 3.63) is 71.5 Å². The topological polar surface area (TPSA) is 101 Å². The number of nitrogens with zero attached hydrogens (tertiary/aromatic N) is 2. The van der Waals surface area contributed by atoms with Crippen molar-refractivity contribution in [1.82, 2.24) is 10.2 Å². The van der Waals surface area contributed by atoms with Crippen molar-refractivity contribution in [2.75, 3.05) is 6.54 Å². The highest BCUT2D eigenvalue weighted by molar-refractivity contribution is 6.12. The quantitative estimate of drug-likeness (QED) is 0.684. The number of benzene rings is 1. The van der Waals surface area contributed by atoms with Gasteiger partial charge in [0, 0.05) is 31.1 Å². The van der Waals surface area contributed by atoms with Crippen LogP contribution in [0.15, 0.2) is 63.7 Å². The van der Waals surface area contributed by atoms with Gasteiger partial charge in [0.05, 0.1) is 6.26 Å². The molecule has 1 saturated carbocycles. The minimum Gasteiger partial charge on any atom is -0.463 e. The van der Waals surface area contributed by atoms with E-state index in [1.54, 1.807) is 30.5 Å². The van der Waals surface area contributed by atoms with Crippen LogP contribution in [0, 0.1) is 11.7 Å². The molecule has 1 aromatic carbocycles. The summed E-state index contributed by atoms with van der Waals surface area (Å²) in [6, 6.07) is 9.59. The summed E-state index contributed by atoms with van der Waals surface area (Å²) in [5.74, 6) is -0.595. The second-order valence-electron chi connectivity index (χ2n) is 9.78. The molecule has 1 aromatic heterocycles. The average Bonchev–Trinajstić information content (AvgIpc) is 3.31. The van der Waals surface area contributed by atoms with E-state index in [2.05, 4.69) is 10.3 Å². The van der Waals surface area contributed by atoms with Crippen molar-refractivity contribution in [2.24, 2.45) is 16.6 Å². The molecule has 2 aromatic rings. The highest BCUT2D eigenvalue weighted by Crippen LogP contribution is 2.38. The van der Waals surface area contributed by atoms with E-state index in [1.165, 1.54) is 23.5 Å². The first kappa shape index (κ1) is 23.5. The Kier molecular flexibility index (Phi) is 6.56. The van der Waals surface area contributed by atoms with Crippen LogP contribution < -0.4 is 11.1 Å². The summed E-state index contributed by atoms with van der Waals surface area (Å²) in [5, 5.41) is 3.14. The van der Waals surface area contributed by atoms with E-state index in [4.69, 9.17) is 10.2 Å². The van der Waals surface area contributed by atoms with Gasteiger partial charge in [-0.3, -0.25) is 14.6 Å². The molecule has 5 rings (SSSR count). The van der Waals surface area contributed by atoms with E-state index in [9.17, 15) is 14.0 Å². The van der Waals surface area contributed by atoms with Crippen molar-refractivity contribution in [3.8, 4) is 0 Å². The Morgan fingerprint density at radius 2 is 1.94 bits per heavy atom. The highest BCUT2D eigenvalue weighted by atomic mass is 19.1. The zero-order valence-electron chi connectivity index (χ0n) is 19.7. The maximum absolute atomic E-state index is 13.9. The van der Waals surface area contributed by atoms with Gasteiger partial charge in [-0.25, -0.2) is 4.39 Å². The zero-order chi connectivity index (χ0) is 24.4. The predicted octanol–water partition coefficient (Wildman–Crippen LogP) is 3.69. The third kappa shape index (κ3) is 4.80. The summed E-state index contributed by atoms with van der Waals surface area (Å²) in [4.78, 5) is 33.7. The standard InChI is InChI=1S/C27H31FN4O3/c28-20-10-8-18(9-11-20)17-32-25(33)22-15-23(24-7-4-14-35-24)30-13-12-19(22)16-27(32,29)26(34)31-21-5-2-1-3-6-21/h4,7-11,14-15,19,21H,1-3,5-6,12-13,16-17,29H2,(H,31,34). The first-order valence-corrected chi connectivity index (χ1v) is 12.4. The van der Waals surface area contributed by atoms with Crippen LogP contribution in [0.5, 0.6) is 0 Å². The van der Waals surface area contributed by atoms with Gasteiger partial charge in [0.15, 0.2) is 11.4 Å². The van der Waals surface area contributed by atoms with Crippen LogP contribution in [-0.2, 0) is 16.1 Å². The van der Waals surface area contributed by atoms with Gasteiger partial charge >= 0.3 is 0 Å². The maximum atomic E-state index is 13.9. The minimum absolute atomic E-state index is 0.0689. The van der Waals surface area contributed by atoms with Crippen molar-refractivity contribution >= 4 is 17.5 Å². The number of nitrogens with two attached hydrogens (primary N) is 1. The number of carbonyl (C=O) groups excluding carboxylic acids is 2. The molecule has 0 radical (unpaired) electrons. The molecule has 2 unspecified atom stereocenters. The summed E-state index contributed by atoms with van der Waals surface area (Å²) in [7, 11) is 0. The summed E-state index contributed by atoms with van der Waals surface area (Å²) in [6.45, 7) is 0.608. The van der Waals surface area contributed by atoms with Crippen LogP contribution in [-0.4, -0.2) is 40.7 Å². The lowest BCUT2D eigenvalue weighted by molar-refractivity contribution is -0.151. The Labute approximate surface area is 204 Å². The fourth-order valence-electron chi connectivity index (χ4n) is 5.41. The van der Waals surface area contributed by atoms with E-state index in [0.29, 0.717) is 42.0 Å². The van der Waals surface area contributed by atoms with Crippen molar-refractivity contribution < 1.29 is 18.4 Å². The Balaban J connectivity index is 1.48. The van der Waals surface area contributed by atoms with Crippen LogP contribution >= 0.6 is 0 Å². The third-order valence-electron chi connectivity index (χ3n) is 7.38. The van der Waals surface area contributed by atoms with E-state index in [1.807, 2.05) is 6.07 Å². The number of piperidine rings is 1. The van der Waals surface area contributed by atoms with Gasteiger partial charge in [0.25, 0.3) is 11.8 Å². The lowest BCUT2D eigenvalue weighted by atomic mass is 9.79. The molecule has 8 heteroatoms. The third-order valence-corrected chi connectivity index (χ3v) is 7.38. The summed E-state index contributed by atoms with van der Waals surface area (Å²) in [5.41, 5.74) is 7.23. The second-order valence-corrected chi connectivity index (χ2v) is 9.78. The molecule has 2 amide bonds. The Morgan fingerprint density at radius 3 is 2.66 bits per heavy atom. The number of halogens is 1. The molecule has 3 heterocycles. The van der Waals surface area contributed by atoms with Crippen LogP contribution in [0.2, 0.25) is 0 Å². The van der Waals surface area contributed by atoms with E-state index < -0.39 is 5.66 Å². The lowest BCUT2D eigenvalue weighted by Gasteiger charge is -2.47. The monoisotopic (exact) mass is 478 g/mol. The van der Waals surface area contributed by atoms with Gasteiger partial charge in [-0.05, 0) is 61.1 Å². The molecule has 3 aliphatic rings. The fraction of sp³-hybridized carbons (Fsp3) is 0.444. The normalized spacial score (nSPS) is 25.4.